The molecule has 1 N–H and O–H groups in total. The highest BCUT2D eigenvalue weighted by atomic mass is 79.9. The van der Waals surface area contributed by atoms with Crippen LogP contribution in [0.25, 0.3) is 6.08 Å². The third-order valence-electron chi connectivity index (χ3n) is 10.1. The van der Waals surface area contributed by atoms with Crippen molar-refractivity contribution in [2.24, 2.45) is 33.9 Å². The molecular formula is C40H35BrN4O7. The average Bonchev–Trinajstić information content (AvgIpc) is 3.41. The Bertz CT molecular complexity index is 2140. The summed E-state index contributed by atoms with van der Waals surface area (Å²) in [5, 5.41) is 19.0. The van der Waals surface area contributed by atoms with Gasteiger partial charge in [0.15, 0.2) is 23.1 Å². The van der Waals surface area contributed by atoms with Crippen LogP contribution < -0.4 is 19.3 Å². The molecule has 0 bridgehead atoms. The molecule has 11 nitrogen and oxygen atoms in total. The van der Waals surface area contributed by atoms with Crippen LogP contribution in [0.1, 0.15) is 18.4 Å². The van der Waals surface area contributed by atoms with Crippen LogP contribution in [0.4, 0.5) is 22.7 Å². The molecule has 3 aromatic carbocycles. The summed E-state index contributed by atoms with van der Waals surface area (Å²) < 4.78 is 10.8. The lowest BCUT2D eigenvalue weighted by atomic mass is 9.61. The first-order valence-corrected chi connectivity index (χ1v) is 17.5. The summed E-state index contributed by atoms with van der Waals surface area (Å²) in [4.78, 5) is 58.5. The maximum atomic E-state index is 14.3. The van der Waals surface area contributed by atoms with E-state index < -0.39 is 23.7 Å². The number of nitrogens with zero attached hydrogens (tertiary/aromatic N) is 4. The predicted octanol–water partition coefficient (Wildman–Crippen LogP) is 7.40. The number of hydrogen-bond donors (Lipinski definition) is 1. The highest BCUT2D eigenvalue weighted by Gasteiger charge is 2.56. The van der Waals surface area contributed by atoms with Gasteiger partial charge in [-0.25, -0.2) is 0 Å². The number of carbonyl (C=O) groups excluding carboxylic acids is 4. The molecule has 7 rings (SSSR count). The van der Waals surface area contributed by atoms with Gasteiger partial charge in [-0.05, 0) is 101 Å². The number of Topliss-reactive ketones (excluding diaryl/α,β-unsaturated/α-hetero) is 1. The Morgan fingerprint density at radius 2 is 1.50 bits per heavy atom. The highest BCUT2D eigenvalue weighted by Crippen LogP contribution is 2.53. The van der Waals surface area contributed by atoms with Crippen molar-refractivity contribution < 1.29 is 33.8 Å². The number of phenolic OH excluding ortho intramolecular Hbond substituents is 1. The molecule has 1 heterocycles. The lowest BCUT2D eigenvalue weighted by molar-refractivity contribution is -0.123. The molecule has 0 spiro atoms. The number of allylic oxidation sites excluding steroid dienone is 7. The molecule has 0 radical (unpaired) electrons. The normalized spacial score (nSPS) is 22.8. The first kappa shape index (κ1) is 34.8. The minimum absolute atomic E-state index is 0.145. The van der Waals surface area contributed by atoms with E-state index in [0.717, 1.165) is 11.3 Å². The molecule has 264 valence electrons. The number of anilines is 2. The predicted molar refractivity (Wildman–Crippen MR) is 199 cm³/mol. The lowest BCUT2D eigenvalue weighted by Gasteiger charge is -2.41. The van der Waals surface area contributed by atoms with Crippen molar-refractivity contribution in [1.82, 2.24) is 0 Å². The van der Waals surface area contributed by atoms with Crippen LogP contribution in [0.5, 0.6) is 17.2 Å². The maximum absolute atomic E-state index is 14.3. The number of halogens is 1. The van der Waals surface area contributed by atoms with Crippen molar-refractivity contribution in [1.29, 1.82) is 0 Å². The van der Waals surface area contributed by atoms with Crippen LogP contribution >= 0.6 is 15.9 Å². The number of benzene rings is 3. The monoisotopic (exact) mass is 762 g/mol. The first-order valence-electron chi connectivity index (χ1n) is 16.7. The second kappa shape index (κ2) is 13.8. The van der Waals surface area contributed by atoms with E-state index in [-0.39, 0.29) is 51.5 Å². The van der Waals surface area contributed by atoms with Crippen molar-refractivity contribution in [2.45, 2.75) is 12.8 Å². The lowest BCUT2D eigenvalue weighted by Crippen LogP contribution is -2.40. The summed E-state index contributed by atoms with van der Waals surface area (Å²) in [7, 11) is 6.78. The number of azo groups is 1. The van der Waals surface area contributed by atoms with Crippen LogP contribution in [-0.2, 0) is 19.2 Å². The van der Waals surface area contributed by atoms with Gasteiger partial charge in [-0.1, -0.05) is 23.8 Å². The molecular weight excluding hydrogens is 728 g/mol. The topological polar surface area (TPSA) is 138 Å². The number of ether oxygens (including phenoxy) is 2. The zero-order valence-corrected chi connectivity index (χ0v) is 30.5. The first-order chi connectivity index (χ1) is 25.0. The summed E-state index contributed by atoms with van der Waals surface area (Å²) in [5.74, 6) is -3.44. The Labute approximate surface area is 308 Å². The van der Waals surface area contributed by atoms with Gasteiger partial charge in [-0.2, -0.15) is 10.2 Å². The van der Waals surface area contributed by atoms with Crippen LogP contribution in [0, 0.1) is 23.7 Å². The summed E-state index contributed by atoms with van der Waals surface area (Å²) in [6.45, 7) is 0. The smallest absolute Gasteiger partial charge is 0.238 e. The second-order valence-corrected chi connectivity index (χ2v) is 14.1. The fourth-order valence-corrected chi connectivity index (χ4v) is 8.00. The second-order valence-electron chi connectivity index (χ2n) is 13.2. The van der Waals surface area contributed by atoms with E-state index >= 15 is 0 Å². The number of phenols is 1. The quantitative estimate of drug-likeness (QED) is 0.108. The molecule has 0 saturated carbocycles. The number of fused-ring (bicyclic) bond motifs is 3. The minimum atomic E-state index is -0.719. The van der Waals surface area contributed by atoms with Crippen LogP contribution in [0.3, 0.4) is 0 Å². The number of carbonyl (C=O) groups is 4. The van der Waals surface area contributed by atoms with Crippen LogP contribution in [-0.4, -0.2) is 56.8 Å². The van der Waals surface area contributed by atoms with Crippen molar-refractivity contribution in [2.75, 3.05) is 38.1 Å². The fraction of sp³-hybridized carbons (Fsp3) is 0.250. The molecule has 0 aromatic heterocycles. The van der Waals surface area contributed by atoms with Gasteiger partial charge in [-0.15, -0.1) is 0 Å². The van der Waals surface area contributed by atoms with Gasteiger partial charge in [0.25, 0.3) is 0 Å². The Morgan fingerprint density at radius 3 is 2.10 bits per heavy atom. The maximum Gasteiger partial charge on any atom is 0.238 e. The molecule has 1 saturated heterocycles. The van der Waals surface area contributed by atoms with Crippen molar-refractivity contribution in [3.05, 3.63) is 106 Å². The number of rotatable bonds is 8. The van der Waals surface area contributed by atoms with Gasteiger partial charge in [0.2, 0.25) is 17.6 Å². The number of imide groups is 1. The largest absolute Gasteiger partial charge is 0.502 e. The molecule has 1 fully saturated rings. The van der Waals surface area contributed by atoms with E-state index in [2.05, 4.69) is 26.2 Å². The Hall–Kier alpha value is -5.62. The highest BCUT2D eigenvalue weighted by molar-refractivity contribution is 9.12. The summed E-state index contributed by atoms with van der Waals surface area (Å²) in [6.07, 6.45) is 7.30. The van der Waals surface area contributed by atoms with Gasteiger partial charge in [0.1, 0.15) is 0 Å². The van der Waals surface area contributed by atoms with E-state index in [1.54, 1.807) is 42.5 Å². The summed E-state index contributed by atoms with van der Waals surface area (Å²) in [6, 6.07) is 17.7. The van der Waals surface area contributed by atoms with E-state index in [1.165, 1.54) is 25.2 Å². The van der Waals surface area contributed by atoms with Crippen molar-refractivity contribution in [3.8, 4) is 17.2 Å². The molecule has 3 aliphatic carbocycles. The van der Waals surface area contributed by atoms with Gasteiger partial charge in [0, 0.05) is 42.9 Å². The van der Waals surface area contributed by atoms with Crippen molar-refractivity contribution >= 4 is 68.1 Å². The molecule has 2 amide bonds. The van der Waals surface area contributed by atoms with Crippen LogP contribution in [0.15, 0.2) is 110 Å². The molecule has 0 unspecified atom stereocenters. The summed E-state index contributed by atoms with van der Waals surface area (Å²) in [5.41, 5.74) is 4.86. The number of hydrogen-bond acceptors (Lipinski definition) is 10. The van der Waals surface area contributed by atoms with Gasteiger partial charge in [0.05, 0.1) is 47.6 Å². The summed E-state index contributed by atoms with van der Waals surface area (Å²) >= 11 is 3.26. The van der Waals surface area contributed by atoms with Gasteiger partial charge < -0.3 is 19.5 Å². The minimum Gasteiger partial charge on any atom is -0.502 e. The zero-order chi connectivity index (χ0) is 36.8. The van der Waals surface area contributed by atoms with Crippen LogP contribution in [0.2, 0.25) is 0 Å². The number of ketones is 2. The molecule has 3 aromatic rings. The number of amides is 2. The number of aromatic hydroxyl groups is 1. The molecule has 1 aliphatic heterocycles. The molecule has 4 atom stereocenters. The molecule has 4 aliphatic rings. The SMILES string of the molecule is COc1cc(C=C[C@H]2C3=CC[C@@H]4C(=O)N(c5ccc(N=Nc6ccc(N(C)C)cc6)cc5)C(=O)[C@@H]4[C@@H]3CC3=C2C(=O)C=C(Br)C3=O)cc(OC)c1O. The van der Waals surface area contributed by atoms with E-state index in [1.807, 2.05) is 55.4 Å². The average molecular weight is 764 g/mol. The molecule has 52 heavy (non-hydrogen) atoms. The van der Waals surface area contributed by atoms with Crippen molar-refractivity contribution in [3.63, 3.8) is 0 Å². The van der Waals surface area contributed by atoms with E-state index in [9.17, 15) is 24.3 Å². The van der Waals surface area contributed by atoms with E-state index in [4.69, 9.17) is 9.47 Å². The van der Waals surface area contributed by atoms with E-state index in [0.29, 0.717) is 40.2 Å². The fourth-order valence-electron chi connectivity index (χ4n) is 7.56. The number of methoxy groups -OCH3 is 2. The Morgan fingerprint density at radius 1 is 0.885 bits per heavy atom. The third kappa shape index (κ3) is 6.06. The van der Waals surface area contributed by atoms with Gasteiger partial charge >= 0.3 is 0 Å². The standard InChI is InChI=1S/C40H35BrN4O7/c1-44(2)24-10-6-22(7-11-24)42-43-23-8-12-25(13-9-23)45-39(49)28-16-15-26-27(14-5-21-17-33(51-3)38(48)34(18-21)52-4)35-30(19-29(26)36(28)40(45)50)37(47)31(41)20-32(35)46/h5-15,17-18,20,27-29,36,48H,16,19H2,1-4H3/t27-,28-,29+,36-/m0/s1. The Balaban J connectivity index is 1.18. The third-order valence-corrected chi connectivity index (χ3v) is 10.7. The Kier molecular flexibility index (Phi) is 9.26. The molecule has 12 heteroatoms. The zero-order valence-electron chi connectivity index (χ0n) is 28.9. The van der Waals surface area contributed by atoms with Gasteiger partial charge in [-0.3, -0.25) is 24.1 Å².